The summed E-state index contributed by atoms with van der Waals surface area (Å²) in [5.41, 5.74) is 7.44. The number of aryl methyl sites for hydroxylation is 1. The van der Waals surface area contributed by atoms with Gasteiger partial charge in [0.15, 0.2) is 0 Å². The first kappa shape index (κ1) is 15.6. The largest absolute Gasteiger partial charge is 0.398 e. The third kappa shape index (κ3) is 3.28. The molecule has 7 heteroatoms. The van der Waals surface area contributed by atoms with Crippen molar-refractivity contribution in [3.63, 3.8) is 0 Å². The van der Waals surface area contributed by atoms with Crippen molar-refractivity contribution in [2.24, 2.45) is 0 Å². The highest BCUT2D eigenvalue weighted by Gasteiger charge is 2.19. The van der Waals surface area contributed by atoms with Crippen molar-refractivity contribution < 1.29 is 12.8 Å². The van der Waals surface area contributed by atoms with Crippen molar-refractivity contribution in [2.75, 3.05) is 10.5 Å². The van der Waals surface area contributed by atoms with Gasteiger partial charge in [-0.2, -0.15) is 0 Å². The molecule has 0 aliphatic rings. The highest BCUT2D eigenvalue weighted by molar-refractivity contribution is 7.92. The number of hydrogen-bond donors (Lipinski definition) is 2. The normalized spacial score (nSPS) is 11.4. The summed E-state index contributed by atoms with van der Waals surface area (Å²) in [5.74, 6) is -0.697. The minimum atomic E-state index is -3.86. The van der Waals surface area contributed by atoms with Gasteiger partial charge in [-0.3, -0.25) is 4.72 Å². The Morgan fingerprint density at radius 1 is 1.19 bits per heavy atom. The van der Waals surface area contributed by atoms with Gasteiger partial charge < -0.3 is 5.73 Å². The number of hydrogen-bond acceptors (Lipinski definition) is 3. The predicted octanol–water partition coefficient (Wildman–Crippen LogP) is 3.48. The van der Waals surface area contributed by atoms with Crippen LogP contribution in [0.4, 0.5) is 15.8 Å². The molecular formula is C14H14ClFN2O2S. The summed E-state index contributed by atoms with van der Waals surface area (Å²) in [5, 5.41) is -0.0751. The lowest BCUT2D eigenvalue weighted by Crippen LogP contribution is -2.15. The van der Waals surface area contributed by atoms with Crippen molar-refractivity contribution >= 4 is 33.0 Å². The van der Waals surface area contributed by atoms with Crippen LogP contribution in [0.15, 0.2) is 35.2 Å². The van der Waals surface area contributed by atoms with Gasteiger partial charge in [0.05, 0.1) is 15.6 Å². The molecule has 0 aliphatic heterocycles. The standard InChI is InChI=1S/C14H14ClFN2O2S/c1-8-5-13(17)9(2)14(6-8)21(19,20)18-10-3-4-11(15)12(16)7-10/h3-7,18H,17H2,1-2H3. The lowest BCUT2D eigenvalue weighted by Gasteiger charge is -2.13. The molecule has 4 nitrogen and oxygen atoms in total. The van der Waals surface area contributed by atoms with Crippen LogP contribution < -0.4 is 10.5 Å². The zero-order chi connectivity index (χ0) is 15.8. The Morgan fingerprint density at radius 2 is 1.86 bits per heavy atom. The maximum Gasteiger partial charge on any atom is 0.262 e. The van der Waals surface area contributed by atoms with E-state index in [0.29, 0.717) is 11.3 Å². The zero-order valence-corrected chi connectivity index (χ0v) is 13.0. The van der Waals surface area contributed by atoms with E-state index in [1.165, 1.54) is 18.2 Å². The van der Waals surface area contributed by atoms with Gasteiger partial charge in [0.1, 0.15) is 5.82 Å². The lowest BCUT2D eigenvalue weighted by atomic mass is 10.1. The fourth-order valence-electron chi connectivity index (χ4n) is 1.90. The molecule has 0 radical (unpaired) electrons. The van der Waals surface area contributed by atoms with Crippen molar-refractivity contribution in [1.82, 2.24) is 0 Å². The highest BCUT2D eigenvalue weighted by Crippen LogP contribution is 2.26. The van der Waals surface area contributed by atoms with Crippen LogP contribution in [0.3, 0.4) is 0 Å². The molecular weight excluding hydrogens is 315 g/mol. The maximum absolute atomic E-state index is 13.4. The molecule has 21 heavy (non-hydrogen) atoms. The van der Waals surface area contributed by atoms with Crippen LogP contribution in [-0.2, 0) is 10.0 Å². The molecule has 0 spiro atoms. The number of benzene rings is 2. The maximum atomic E-state index is 13.4. The lowest BCUT2D eigenvalue weighted by molar-refractivity contribution is 0.600. The molecule has 0 amide bonds. The number of sulfonamides is 1. The molecule has 0 saturated heterocycles. The van der Waals surface area contributed by atoms with Crippen molar-refractivity contribution in [1.29, 1.82) is 0 Å². The minimum Gasteiger partial charge on any atom is -0.398 e. The minimum absolute atomic E-state index is 0.0651. The molecule has 2 aromatic rings. The Labute approximate surface area is 127 Å². The van der Waals surface area contributed by atoms with E-state index in [4.69, 9.17) is 17.3 Å². The summed E-state index contributed by atoms with van der Waals surface area (Å²) in [6, 6.07) is 6.90. The van der Waals surface area contributed by atoms with Crippen molar-refractivity contribution in [2.45, 2.75) is 18.7 Å². The topological polar surface area (TPSA) is 72.2 Å². The molecule has 0 saturated carbocycles. The van der Waals surface area contributed by atoms with E-state index < -0.39 is 15.8 Å². The molecule has 0 heterocycles. The van der Waals surface area contributed by atoms with Crippen LogP contribution >= 0.6 is 11.6 Å². The third-order valence-corrected chi connectivity index (χ3v) is 4.82. The van der Waals surface area contributed by atoms with E-state index in [-0.39, 0.29) is 15.6 Å². The fourth-order valence-corrected chi connectivity index (χ4v) is 3.43. The van der Waals surface area contributed by atoms with E-state index in [9.17, 15) is 12.8 Å². The molecule has 3 N–H and O–H groups in total. The number of nitrogens with one attached hydrogen (secondary N) is 1. The molecule has 0 bridgehead atoms. The number of nitrogen functional groups attached to an aromatic ring is 1. The molecule has 0 aliphatic carbocycles. The first-order valence-corrected chi connectivity index (χ1v) is 7.91. The van der Waals surface area contributed by atoms with Crippen molar-refractivity contribution in [3.8, 4) is 0 Å². The van der Waals surface area contributed by atoms with Crippen LogP contribution in [0, 0.1) is 19.7 Å². The molecule has 2 aromatic carbocycles. The summed E-state index contributed by atoms with van der Waals surface area (Å²) in [7, 11) is -3.86. The fraction of sp³-hybridized carbons (Fsp3) is 0.143. The second-order valence-corrected chi connectivity index (χ2v) is 6.77. The van der Waals surface area contributed by atoms with Gasteiger partial charge in [0.2, 0.25) is 0 Å². The highest BCUT2D eigenvalue weighted by atomic mass is 35.5. The van der Waals surface area contributed by atoms with E-state index in [1.54, 1.807) is 19.9 Å². The SMILES string of the molecule is Cc1cc(N)c(C)c(S(=O)(=O)Nc2ccc(Cl)c(F)c2)c1. The van der Waals surface area contributed by atoms with Crippen LogP contribution in [0.2, 0.25) is 5.02 Å². The number of halogens is 2. The van der Waals surface area contributed by atoms with Gasteiger partial charge >= 0.3 is 0 Å². The number of rotatable bonds is 3. The average Bonchev–Trinajstić information content (AvgIpc) is 2.37. The van der Waals surface area contributed by atoms with Gasteiger partial charge in [0, 0.05) is 5.69 Å². The van der Waals surface area contributed by atoms with Crippen LogP contribution in [0.25, 0.3) is 0 Å². The number of anilines is 2. The first-order chi connectivity index (χ1) is 9.70. The summed E-state index contributed by atoms with van der Waals surface area (Å²) in [6.45, 7) is 3.36. The van der Waals surface area contributed by atoms with Gasteiger partial charge in [0.25, 0.3) is 10.0 Å². The smallest absolute Gasteiger partial charge is 0.262 e. The molecule has 0 aromatic heterocycles. The Morgan fingerprint density at radius 3 is 2.48 bits per heavy atom. The second-order valence-electron chi connectivity index (χ2n) is 4.71. The van der Waals surface area contributed by atoms with Gasteiger partial charge in [-0.15, -0.1) is 0 Å². The molecule has 0 fully saturated rings. The Balaban J connectivity index is 2.45. The molecule has 0 unspecified atom stereocenters. The zero-order valence-electron chi connectivity index (χ0n) is 11.4. The molecule has 2 rings (SSSR count). The van der Waals surface area contributed by atoms with Crippen LogP contribution in [0.5, 0.6) is 0 Å². The van der Waals surface area contributed by atoms with Crippen LogP contribution in [0.1, 0.15) is 11.1 Å². The summed E-state index contributed by atoms with van der Waals surface area (Å²) < 4.78 is 40.5. The summed E-state index contributed by atoms with van der Waals surface area (Å²) in [4.78, 5) is 0.0651. The van der Waals surface area contributed by atoms with Gasteiger partial charge in [-0.05, 0) is 55.3 Å². The Hall–Kier alpha value is -1.79. The summed E-state index contributed by atoms with van der Waals surface area (Å²) >= 11 is 5.57. The van der Waals surface area contributed by atoms with Crippen LogP contribution in [-0.4, -0.2) is 8.42 Å². The Bertz CT molecular complexity index is 807. The van der Waals surface area contributed by atoms with E-state index in [2.05, 4.69) is 4.72 Å². The third-order valence-electron chi connectivity index (χ3n) is 3.01. The van der Waals surface area contributed by atoms with Gasteiger partial charge in [-0.25, -0.2) is 12.8 Å². The van der Waals surface area contributed by atoms with Gasteiger partial charge in [-0.1, -0.05) is 11.6 Å². The quantitative estimate of drug-likeness (QED) is 0.847. The summed E-state index contributed by atoms with van der Waals surface area (Å²) in [6.07, 6.45) is 0. The number of nitrogens with two attached hydrogens (primary N) is 1. The second kappa shape index (κ2) is 5.54. The van der Waals surface area contributed by atoms with E-state index in [0.717, 1.165) is 11.6 Å². The first-order valence-electron chi connectivity index (χ1n) is 6.05. The monoisotopic (exact) mass is 328 g/mol. The average molecular weight is 329 g/mol. The van der Waals surface area contributed by atoms with E-state index >= 15 is 0 Å². The Kier molecular flexibility index (Phi) is 4.11. The molecule has 0 atom stereocenters. The molecule has 112 valence electrons. The van der Waals surface area contributed by atoms with Crippen molar-refractivity contribution in [3.05, 3.63) is 52.3 Å². The van der Waals surface area contributed by atoms with E-state index in [1.807, 2.05) is 0 Å². The predicted molar refractivity (Wildman–Crippen MR) is 82.5 cm³/mol.